The summed E-state index contributed by atoms with van der Waals surface area (Å²) in [5.41, 5.74) is 1.48. The molecule has 1 amide bonds. The van der Waals surface area contributed by atoms with Crippen molar-refractivity contribution in [1.82, 2.24) is 4.90 Å². The zero-order valence-corrected chi connectivity index (χ0v) is 13.4. The van der Waals surface area contributed by atoms with Gasteiger partial charge in [-0.2, -0.15) is 0 Å². The summed E-state index contributed by atoms with van der Waals surface area (Å²) < 4.78 is 4.97. The molecule has 0 saturated heterocycles. The van der Waals surface area contributed by atoms with E-state index in [9.17, 15) is 9.59 Å². The molecular weight excluding hydrogens is 278 g/mol. The lowest BCUT2D eigenvalue weighted by Gasteiger charge is -2.43. The molecule has 2 atom stereocenters. The van der Waals surface area contributed by atoms with Crippen LogP contribution in [0.2, 0.25) is 0 Å². The van der Waals surface area contributed by atoms with Crippen LogP contribution in [0.3, 0.4) is 0 Å². The molecule has 0 spiro atoms. The Hall–Kier alpha value is -2.10. The predicted octanol–water partition coefficient (Wildman–Crippen LogP) is 3.57. The first-order valence-electron chi connectivity index (χ1n) is 7.53. The number of hydrogen-bond donors (Lipinski definition) is 0. The van der Waals surface area contributed by atoms with E-state index < -0.39 is 11.5 Å². The standard InChI is InChI=1S/C18H23NO3/c1-14-8-7-11-18(2,13-20)16(14)19(17(21)22-3)12-15-9-5-4-6-10-15/h4-6,8-10,13,16H,7,11-12H2,1-3H3/t16-,18-/m0/s1. The summed E-state index contributed by atoms with van der Waals surface area (Å²) in [5, 5.41) is 0. The fourth-order valence-electron chi connectivity index (χ4n) is 3.26. The van der Waals surface area contributed by atoms with Crippen molar-refractivity contribution in [3.8, 4) is 0 Å². The lowest BCUT2D eigenvalue weighted by molar-refractivity contribution is -0.118. The van der Waals surface area contributed by atoms with E-state index in [0.717, 1.165) is 30.3 Å². The lowest BCUT2D eigenvalue weighted by atomic mass is 9.72. The number of allylic oxidation sites excluding steroid dienone is 1. The highest BCUT2D eigenvalue weighted by Gasteiger charge is 2.43. The van der Waals surface area contributed by atoms with E-state index in [1.165, 1.54) is 7.11 Å². The third-order valence-corrected chi connectivity index (χ3v) is 4.39. The van der Waals surface area contributed by atoms with Crippen molar-refractivity contribution in [3.05, 3.63) is 47.5 Å². The Morgan fingerprint density at radius 3 is 2.68 bits per heavy atom. The number of carbonyl (C=O) groups excluding carboxylic acids is 2. The van der Waals surface area contributed by atoms with E-state index in [1.54, 1.807) is 4.90 Å². The topological polar surface area (TPSA) is 46.6 Å². The molecule has 0 unspecified atom stereocenters. The molecule has 1 aliphatic carbocycles. The van der Waals surface area contributed by atoms with Crippen LogP contribution in [-0.2, 0) is 16.1 Å². The van der Waals surface area contributed by atoms with E-state index >= 15 is 0 Å². The second-order valence-electron chi connectivity index (χ2n) is 6.10. The fraction of sp³-hybridized carbons (Fsp3) is 0.444. The monoisotopic (exact) mass is 301 g/mol. The van der Waals surface area contributed by atoms with Crippen LogP contribution in [0.25, 0.3) is 0 Å². The summed E-state index contributed by atoms with van der Waals surface area (Å²) in [4.78, 5) is 25.7. The molecule has 22 heavy (non-hydrogen) atoms. The second kappa shape index (κ2) is 6.77. The van der Waals surface area contributed by atoms with Gasteiger partial charge in [-0.3, -0.25) is 4.90 Å². The van der Waals surface area contributed by atoms with Crippen LogP contribution >= 0.6 is 0 Å². The average molecular weight is 301 g/mol. The first-order valence-corrected chi connectivity index (χ1v) is 7.53. The zero-order valence-electron chi connectivity index (χ0n) is 13.4. The first kappa shape index (κ1) is 16.3. The SMILES string of the molecule is COC(=O)N(Cc1ccccc1)[C@H]1C(C)=CCC[C@@]1(C)C=O. The smallest absolute Gasteiger partial charge is 0.410 e. The number of hydrogen-bond acceptors (Lipinski definition) is 3. The van der Waals surface area contributed by atoms with Crippen molar-refractivity contribution in [3.63, 3.8) is 0 Å². The second-order valence-corrected chi connectivity index (χ2v) is 6.10. The average Bonchev–Trinajstić information content (AvgIpc) is 2.54. The van der Waals surface area contributed by atoms with Crippen LogP contribution in [0.15, 0.2) is 42.0 Å². The third-order valence-electron chi connectivity index (χ3n) is 4.39. The maximum atomic E-state index is 12.3. The van der Waals surface area contributed by atoms with Gasteiger partial charge < -0.3 is 9.53 Å². The van der Waals surface area contributed by atoms with Crippen LogP contribution in [0, 0.1) is 5.41 Å². The number of carbonyl (C=O) groups is 2. The van der Waals surface area contributed by atoms with E-state index in [4.69, 9.17) is 4.74 Å². The molecule has 0 aliphatic heterocycles. The number of aldehydes is 1. The molecule has 0 fully saturated rings. The summed E-state index contributed by atoms with van der Waals surface area (Å²) in [7, 11) is 1.38. The summed E-state index contributed by atoms with van der Waals surface area (Å²) in [6, 6.07) is 9.48. The fourth-order valence-corrected chi connectivity index (χ4v) is 3.26. The summed E-state index contributed by atoms with van der Waals surface area (Å²) in [5.74, 6) is 0. The molecule has 1 aliphatic rings. The molecule has 4 heteroatoms. The molecule has 4 nitrogen and oxygen atoms in total. The minimum Gasteiger partial charge on any atom is -0.453 e. The van der Waals surface area contributed by atoms with Crippen molar-refractivity contribution in [2.24, 2.45) is 5.41 Å². The number of benzene rings is 1. The molecule has 2 rings (SSSR count). The van der Waals surface area contributed by atoms with Crippen LogP contribution in [0.1, 0.15) is 32.3 Å². The van der Waals surface area contributed by atoms with E-state index in [0.29, 0.717) is 6.54 Å². The Morgan fingerprint density at radius 2 is 2.09 bits per heavy atom. The Kier molecular flexibility index (Phi) is 5.01. The Balaban J connectivity index is 2.39. The van der Waals surface area contributed by atoms with Gasteiger partial charge in [0.2, 0.25) is 0 Å². The largest absolute Gasteiger partial charge is 0.453 e. The van der Waals surface area contributed by atoms with Gasteiger partial charge in [-0.15, -0.1) is 0 Å². The summed E-state index contributed by atoms with van der Waals surface area (Å²) in [6.45, 7) is 4.32. The van der Waals surface area contributed by atoms with Crippen LogP contribution in [0.5, 0.6) is 0 Å². The predicted molar refractivity (Wildman–Crippen MR) is 85.3 cm³/mol. The number of rotatable bonds is 4. The van der Waals surface area contributed by atoms with Gasteiger partial charge in [-0.25, -0.2) is 4.79 Å². The minimum atomic E-state index is -0.582. The number of nitrogens with zero attached hydrogens (tertiary/aromatic N) is 1. The van der Waals surface area contributed by atoms with Crippen LogP contribution < -0.4 is 0 Å². The molecule has 0 N–H and O–H groups in total. The molecule has 0 heterocycles. The van der Waals surface area contributed by atoms with Gasteiger partial charge in [-0.1, -0.05) is 48.9 Å². The maximum absolute atomic E-state index is 12.3. The highest BCUT2D eigenvalue weighted by Crippen LogP contribution is 2.38. The van der Waals surface area contributed by atoms with Crippen molar-refractivity contribution < 1.29 is 14.3 Å². The molecule has 1 aromatic carbocycles. The van der Waals surface area contributed by atoms with Crippen molar-refractivity contribution >= 4 is 12.4 Å². The quantitative estimate of drug-likeness (QED) is 0.631. The maximum Gasteiger partial charge on any atom is 0.410 e. The van der Waals surface area contributed by atoms with Gasteiger partial charge in [-0.05, 0) is 25.3 Å². The normalized spacial score (nSPS) is 24.3. The highest BCUT2D eigenvalue weighted by molar-refractivity contribution is 5.71. The highest BCUT2D eigenvalue weighted by atomic mass is 16.5. The number of methoxy groups -OCH3 is 1. The molecular formula is C18H23NO3. The molecule has 0 saturated carbocycles. The number of ether oxygens (including phenoxy) is 1. The van der Waals surface area contributed by atoms with E-state index in [-0.39, 0.29) is 6.04 Å². The van der Waals surface area contributed by atoms with E-state index in [2.05, 4.69) is 6.08 Å². The Morgan fingerprint density at radius 1 is 1.41 bits per heavy atom. The third kappa shape index (κ3) is 3.21. The van der Waals surface area contributed by atoms with Gasteiger partial charge in [0.25, 0.3) is 0 Å². The van der Waals surface area contributed by atoms with Crippen LogP contribution in [-0.4, -0.2) is 30.4 Å². The molecule has 1 aromatic rings. The van der Waals surface area contributed by atoms with Crippen molar-refractivity contribution in [1.29, 1.82) is 0 Å². The molecule has 0 aromatic heterocycles. The minimum absolute atomic E-state index is 0.272. The van der Waals surface area contributed by atoms with Gasteiger partial charge in [0.05, 0.1) is 13.2 Å². The van der Waals surface area contributed by atoms with Gasteiger partial charge >= 0.3 is 6.09 Å². The van der Waals surface area contributed by atoms with Gasteiger partial charge in [0.15, 0.2) is 0 Å². The lowest BCUT2D eigenvalue weighted by Crippen LogP contribution is -2.51. The summed E-state index contributed by atoms with van der Waals surface area (Å²) in [6.07, 6.45) is 4.28. The van der Waals surface area contributed by atoms with E-state index in [1.807, 2.05) is 44.2 Å². The zero-order chi connectivity index (χ0) is 16.2. The van der Waals surface area contributed by atoms with Crippen LogP contribution in [0.4, 0.5) is 4.79 Å². The Bertz CT molecular complexity index is 567. The first-order chi connectivity index (χ1) is 10.5. The summed E-state index contributed by atoms with van der Waals surface area (Å²) >= 11 is 0. The van der Waals surface area contributed by atoms with Gasteiger partial charge in [0, 0.05) is 12.0 Å². The number of amides is 1. The van der Waals surface area contributed by atoms with Crippen molar-refractivity contribution in [2.45, 2.75) is 39.3 Å². The molecule has 0 radical (unpaired) electrons. The van der Waals surface area contributed by atoms with Gasteiger partial charge in [0.1, 0.15) is 6.29 Å². The molecule has 118 valence electrons. The van der Waals surface area contributed by atoms with Crippen molar-refractivity contribution in [2.75, 3.05) is 7.11 Å². The molecule has 0 bridgehead atoms. The Labute approximate surface area is 131 Å².